The molecule has 8 nitrogen and oxygen atoms in total. The highest BCUT2D eigenvalue weighted by atomic mass is 127. The lowest BCUT2D eigenvalue weighted by atomic mass is 10.2. The molecule has 0 atom stereocenters. The normalized spacial score (nSPS) is 14.3. The van der Waals surface area contributed by atoms with Crippen molar-refractivity contribution in [1.82, 2.24) is 20.5 Å². The maximum absolute atomic E-state index is 12.2. The number of hydrogen-bond acceptors (Lipinski definition) is 6. The van der Waals surface area contributed by atoms with Gasteiger partial charge in [0.25, 0.3) is 5.91 Å². The minimum Gasteiger partial charge on any atom is -0.506 e. The van der Waals surface area contributed by atoms with Gasteiger partial charge >= 0.3 is 0 Å². The van der Waals surface area contributed by atoms with Crippen molar-refractivity contribution in [3.8, 4) is 5.75 Å². The van der Waals surface area contributed by atoms with E-state index in [4.69, 9.17) is 0 Å². The van der Waals surface area contributed by atoms with Gasteiger partial charge < -0.3 is 25.5 Å². The Morgan fingerprint density at radius 3 is 2.60 bits per heavy atom. The smallest absolute Gasteiger partial charge is 0.263 e. The highest BCUT2D eigenvalue weighted by Gasteiger charge is 2.21. The quantitative estimate of drug-likeness (QED) is 0.224. The van der Waals surface area contributed by atoms with Crippen molar-refractivity contribution in [1.29, 1.82) is 0 Å². The third kappa shape index (κ3) is 6.21. The summed E-state index contributed by atoms with van der Waals surface area (Å²) in [6.07, 6.45) is 0. The lowest BCUT2D eigenvalue weighted by molar-refractivity contribution is 0.0958. The Morgan fingerprint density at radius 1 is 1.23 bits per heavy atom. The number of aryl methyl sites for hydroxylation is 1. The van der Waals surface area contributed by atoms with E-state index in [0.29, 0.717) is 23.7 Å². The number of halogens is 1. The number of nitrogens with one attached hydrogen (secondary N) is 2. The minimum atomic E-state index is -0.0958. The molecular formula is C20H29IN6O2S. The predicted molar refractivity (Wildman–Crippen MR) is 132 cm³/mol. The average molecular weight is 544 g/mol. The average Bonchev–Trinajstić information content (AvgIpc) is 3.17. The summed E-state index contributed by atoms with van der Waals surface area (Å²) in [4.78, 5) is 26.0. The van der Waals surface area contributed by atoms with Crippen LogP contribution in [-0.2, 0) is 0 Å². The summed E-state index contributed by atoms with van der Waals surface area (Å²) in [6.45, 7) is 8.88. The fraction of sp³-hybridized carbons (Fsp3) is 0.450. The third-order valence-electron chi connectivity index (χ3n) is 4.75. The molecule has 164 valence electrons. The SMILES string of the molecule is CCNC(=NCCNC(=O)c1scnc1C)N1CCN(c2ccccc2O)CC1.I. The molecule has 30 heavy (non-hydrogen) atoms. The molecular weight excluding hydrogens is 515 g/mol. The maximum Gasteiger partial charge on any atom is 0.263 e. The van der Waals surface area contributed by atoms with Crippen LogP contribution in [0.1, 0.15) is 22.3 Å². The summed E-state index contributed by atoms with van der Waals surface area (Å²) < 4.78 is 0. The number of piperazine rings is 1. The molecule has 1 saturated heterocycles. The Morgan fingerprint density at radius 2 is 1.97 bits per heavy atom. The molecule has 1 aromatic carbocycles. The van der Waals surface area contributed by atoms with Crippen molar-refractivity contribution in [2.75, 3.05) is 50.7 Å². The molecule has 3 N–H and O–H groups in total. The van der Waals surface area contributed by atoms with Crippen molar-refractivity contribution in [3.63, 3.8) is 0 Å². The van der Waals surface area contributed by atoms with Gasteiger partial charge in [-0.15, -0.1) is 35.3 Å². The Labute approximate surface area is 198 Å². The van der Waals surface area contributed by atoms with E-state index in [1.807, 2.05) is 32.0 Å². The van der Waals surface area contributed by atoms with E-state index in [-0.39, 0.29) is 29.9 Å². The van der Waals surface area contributed by atoms with Crippen molar-refractivity contribution < 1.29 is 9.90 Å². The summed E-state index contributed by atoms with van der Waals surface area (Å²) in [7, 11) is 0. The van der Waals surface area contributed by atoms with Gasteiger partial charge in [0.2, 0.25) is 0 Å². The summed E-state index contributed by atoms with van der Waals surface area (Å²) in [5.41, 5.74) is 3.31. The number of carbonyl (C=O) groups is 1. The van der Waals surface area contributed by atoms with Crippen LogP contribution in [-0.4, -0.2) is 72.7 Å². The van der Waals surface area contributed by atoms with Crippen LogP contribution in [0.2, 0.25) is 0 Å². The van der Waals surface area contributed by atoms with Gasteiger partial charge in [0.1, 0.15) is 10.6 Å². The summed E-state index contributed by atoms with van der Waals surface area (Å²) in [6, 6.07) is 7.43. The van der Waals surface area contributed by atoms with E-state index in [9.17, 15) is 9.90 Å². The lowest BCUT2D eigenvalue weighted by Gasteiger charge is -2.37. The highest BCUT2D eigenvalue weighted by Crippen LogP contribution is 2.27. The molecule has 0 bridgehead atoms. The van der Waals surface area contributed by atoms with E-state index < -0.39 is 0 Å². The van der Waals surface area contributed by atoms with Gasteiger partial charge in [-0.05, 0) is 26.0 Å². The van der Waals surface area contributed by atoms with Gasteiger partial charge in [-0.1, -0.05) is 12.1 Å². The number of rotatable bonds is 6. The molecule has 0 spiro atoms. The molecule has 10 heteroatoms. The molecule has 1 aliphatic heterocycles. The molecule has 0 saturated carbocycles. The largest absolute Gasteiger partial charge is 0.506 e. The number of amides is 1. The van der Waals surface area contributed by atoms with E-state index in [1.165, 1.54) is 11.3 Å². The van der Waals surface area contributed by atoms with Crippen LogP contribution < -0.4 is 15.5 Å². The number of aromatic hydroxyl groups is 1. The number of anilines is 1. The number of phenolic OH excluding ortho intramolecular Hbond substituents is 1. The van der Waals surface area contributed by atoms with Gasteiger partial charge in [0, 0.05) is 39.3 Å². The molecule has 1 aliphatic rings. The summed E-state index contributed by atoms with van der Waals surface area (Å²) in [5.74, 6) is 1.07. The molecule has 2 heterocycles. The standard InChI is InChI=1S/C20H28N6O2S.HI/c1-3-21-20(23-9-8-22-19(28)18-15(2)24-14-29-18)26-12-10-25(11-13-26)16-6-4-5-7-17(16)27;/h4-7,14,27H,3,8-13H2,1-2H3,(H,21,23)(H,22,28);1H. The van der Waals surface area contributed by atoms with Crippen molar-refractivity contribution >= 4 is 52.9 Å². The van der Waals surface area contributed by atoms with Crippen LogP contribution in [0.25, 0.3) is 0 Å². The monoisotopic (exact) mass is 544 g/mol. The third-order valence-corrected chi connectivity index (χ3v) is 5.67. The second-order valence-electron chi connectivity index (χ2n) is 6.72. The predicted octanol–water partition coefficient (Wildman–Crippen LogP) is 2.29. The Kier molecular flexibility index (Phi) is 9.63. The van der Waals surface area contributed by atoms with E-state index in [0.717, 1.165) is 50.1 Å². The number of hydrogen-bond donors (Lipinski definition) is 3. The number of phenols is 1. The zero-order chi connectivity index (χ0) is 20.6. The van der Waals surface area contributed by atoms with Crippen molar-refractivity contribution in [2.24, 2.45) is 4.99 Å². The summed E-state index contributed by atoms with van der Waals surface area (Å²) >= 11 is 1.35. The molecule has 3 rings (SSSR count). The number of benzene rings is 1. The van der Waals surface area contributed by atoms with E-state index >= 15 is 0 Å². The Balaban J connectivity index is 0.00000320. The second-order valence-corrected chi connectivity index (χ2v) is 7.58. The van der Waals surface area contributed by atoms with Crippen LogP contribution in [0, 0.1) is 6.92 Å². The van der Waals surface area contributed by atoms with E-state index in [2.05, 4.69) is 30.4 Å². The molecule has 0 aliphatic carbocycles. The first-order chi connectivity index (χ1) is 14.1. The highest BCUT2D eigenvalue weighted by molar-refractivity contribution is 14.0. The van der Waals surface area contributed by atoms with Crippen LogP contribution in [0.5, 0.6) is 5.75 Å². The topological polar surface area (TPSA) is 93.1 Å². The number of aliphatic imine (C=N–C) groups is 1. The number of carbonyl (C=O) groups excluding carboxylic acids is 1. The zero-order valence-corrected chi connectivity index (χ0v) is 20.4. The number of para-hydroxylation sites is 2. The number of guanidine groups is 1. The Hall–Kier alpha value is -2.08. The lowest BCUT2D eigenvalue weighted by Crippen LogP contribution is -2.52. The van der Waals surface area contributed by atoms with Gasteiger partial charge in [-0.25, -0.2) is 4.98 Å². The molecule has 0 radical (unpaired) electrons. The second kappa shape index (κ2) is 11.9. The summed E-state index contributed by atoms with van der Waals surface area (Å²) in [5, 5.41) is 16.3. The fourth-order valence-electron chi connectivity index (χ4n) is 3.25. The van der Waals surface area contributed by atoms with Crippen LogP contribution >= 0.6 is 35.3 Å². The molecule has 1 aromatic heterocycles. The fourth-order valence-corrected chi connectivity index (χ4v) is 3.97. The van der Waals surface area contributed by atoms with Gasteiger partial charge in [-0.3, -0.25) is 9.79 Å². The first-order valence-corrected chi connectivity index (χ1v) is 10.7. The zero-order valence-electron chi connectivity index (χ0n) is 17.3. The van der Waals surface area contributed by atoms with Gasteiger partial charge in [0.15, 0.2) is 5.96 Å². The molecule has 1 fully saturated rings. The van der Waals surface area contributed by atoms with Crippen molar-refractivity contribution in [3.05, 3.63) is 40.3 Å². The number of nitrogens with zero attached hydrogens (tertiary/aromatic N) is 4. The van der Waals surface area contributed by atoms with Gasteiger partial charge in [-0.2, -0.15) is 0 Å². The first-order valence-electron chi connectivity index (χ1n) is 9.84. The van der Waals surface area contributed by atoms with Crippen LogP contribution in [0.3, 0.4) is 0 Å². The minimum absolute atomic E-state index is 0. The first kappa shape index (κ1) is 24.2. The maximum atomic E-state index is 12.2. The molecule has 0 unspecified atom stereocenters. The van der Waals surface area contributed by atoms with Crippen LogP contribution in [0.15, 0.2) is 34.8 Å². The molecule has 2 aromatic rings. The number of aromatic nitrogens is 1. The number of thiazole rings is 1. The van der Waals surface area contributed by atoms with E-state index in [1.54, 1.807) is 11.6 Å². The van der Waals surface area contributed by atoms with Crippen LogP contribution in [0.4, 0.5) is 5.69 Å². The Bertz CT molecular complexity index is 851. The van der Waals surface area contributed by atoms with Crippen molar-refractivity contribution in [2.45, 2.75) is 13.8 Å². The molecule has 1 amide bonds. The van der Waals surface area contributed by atoms with Gasteiger partial charge in [0.05, 0.1) is 23.4 Å².